The number of amides is 1. The fourth-order valence-electron chi connectivity index (χ4n) is 2.81. The Morgan fingerprint density at radius 1 is 1.36 bits per heavy atom. The summed E-state index contributed by atoms with van der Waals surface area (Å²) in [5, 5.41) is 2.92. The van der Waals surface area contributed by atoms with Gasteiger partial charge in [0.2, 0.25) is 0 Å². The van der Waals surface area contributed by atoms with Gasteiger partial charge in [0.05, 0.1) is 25.0 Å². The Hall–Kier alpha value is -2.21. The second kappa shape index (κ2) is 7.35. The number of rotatable bonds is 5. The normalized spacial score (nSPS) is 15.3. The van der Waals surface area contributed by atoms with Crippen LogP contribution < -0.4 is 19.5 Å². The molecular weight excluding hydrogens is 386 g/mol. The molecule has 0 aromatic heterocycles. The molecule has 6 heteroatoms. The smallest absolute Gasteiger partial charge is 0.257 e. The summed E-state index contributed by atoms with van der Waals surface area (Å²) in [7, 11) is 1.57. The minimum Gasteiger partial charge on any atom is -0.497 e. The molecule has 0 bridgehead atoms. The average Bonchev–Trinajstić information content (AvgIpc) is 2.94. The second-order valence-corrected chi connectivity index (χ2v) is 6.68. The maximum absolute atomic E-state index is 12.7. The van der Waals surface area contributed by atoms with Gasteiger partial charge in [-0.05, 0) is 54.0 Å². The van der Waals surface area contributed by atoms with E-state index in [1.54, 1.807) is 25.3 Å². The summed E-state index contributed by atoms with van der Waals surface area (Å²) in [6, 6.07) is 9.03. The van der Waals surface area contributed by atoms with E-state index in [1.807, 2.05) is 26.0 Å². The number of carbonyl (C=O) groups is 1. The lowest BCUT2D eigenvalue weighted by molar-refractivity contribution is 0.102. The molecule has 132 valence electrons. The van der Waals surface area contributed by atoms with Gasteiger partial charge >= 0.3 is 0 Å². The third-order valence-corrected chi connectivity index (χ3v) is 4.66. The van der Waals surface area contributed by atoms with Crippen molar-refractivity contribution in [3.8, 4) is 17.2 Å². The van der Waals surface area contributed by atoms with Crippen molar-refractivity contribution in [1.29, 1.82) is 0 Å². The maximum atomic E-state index is 12.7. The lowest BCUT2D eigenvalue weighted by atomic mass is 10.1. The molecule has 1 aliphatic rings. The molecule has 0 spiro atoms. The van der Waals surface area contributed by atoms with Crippen molar-refractivity contribution >= 4 is 27.5 Å². The molecule has 2 aromatic carbocycles. The van der Waals surface area contributed by atoms with E-state index >= 15 is 0 Å². The summed E-state index contributed by atoms with van der Waals surface area (Å²) in [6.07, 6.45) is 0.966. The fraction of sp³-hybridized carbons (Fsp3) is 0.316. The van der Waals surface area contributed by atoms with E-state index in [0.717, 1.165) is 17.7 Å². The number of benzene rings is 2. The number of ether oxygens (including phenoxy) is 3. The van der Waals surface area contributed by atoms with Crippen LogP contribution in [-0.2, 0) is 6.42 Å². The Labute approximate surface area is 155 Å². The van der Waals surface area contributed by atoms with Gasteiger partial charge in [-0.15, -0.1) is 0 Å². The van der Waals surface area contributed by atoms with Crippen LogP contribution in [0.2, 0.25) is 0 Å². The second-order valence-electron chi connectivity index (χ2n) is 5.82. The van der Waals surface area contributed by atoms with Crippen molar-refractivity contribution in [2.75, 3.05) is 19.0 Å². The van der Waals surface area contributed by atoms with Crippen LogP contribution in [0.4, 0.5) is 5.69 Å². The Balaban J connectivity index is 1.92. The Bertz CT molecular complexity index is 806. The standard InChI is InChI=1S/C19H20BrNO4/c1-4-24-18-8-12-7-11(2)25-17(12)10-16(18)21-19(22)14-9-13(23-3)5-6-15(14)20/h5-6,8-11H,4,7H2,1-3H3,(H,21,22)/t11-/m0/s1. The zero-order valence-corrected chi connectivity index (χ0v) is 16.0. The topological polar surface area (TPSA) is 56.8 Å². The average molecular weight is 406 g/mol. The Kier molecular flexibility index (Phi) is 5.18. The first kappa shape index (κ1) is 17.6. The van der Waals surface area contributed by atoms with Crippen LogP contribution in [0.15, 0.2) is 34.8 Å². The minimum atomic E-state index is -0.252. The predicted molar refractivity (Wildman–Crippen MR) is 100 cm³/mol. The number of hydrogen-bond acceptors (Lipinski definition) is 4. The summed E-state index contributed by atoms with van der Waals surface area (Å²) in [5.41, 5.74) is 2.17. The molecule has 3 rings (SSSR count). The molecule has 1 N–H and O–H groups in total. The molecule has 0 aliphatic carbocycles. The molecule has 1 atom stereocenters. The quantitative estimate of drug-likeness (QED) is 0.798. The van der Waals surface area contributed by atoms with E-state index in [0.29, 0.717) is 33.8 Å². The van der Waals surface area contributed by atoms with Crippen molar-refractivity contribution in [1.82, 2.24) is 0 Å². The lowest BCUT2D eigenvalue weighted by Crippen LogP contribution is -2.14. The third kappa shape index (κ3) is 3.74. The number of fused-ring (bicyclic) bond motifs is 1. The first-order chi connectivity index (χ1) is 12.0. The van der Waals surface area contributed by atoms with Gasteiger partial charge < -0.3 is 19.5 Å². The molecule has 25 heavy (non-hydrogen) atoms. The van der Waals surface area contributed by atoms with Crippen LogP contribution in [0.25, 0.3) is 0 Å². The van der Waals surface area contributed by atoms with Crippen LogP contribution in [0.5, 0.6) is 17.2 Å². The molecule has 5 nitrogen and oxygen atoms in total. The summed E-state index contributed by atoms with van der Waals surface area (Å²) >= 11 is 3.41. The van der Waals surface area contributed by atoms with Crippen molar-refractivity contribution in [2.45, 2.75) is 26.4 Å². The van der Waals surface area contributed by atoms with Gasteiger partial charge in [0.1, 0.15) is 23.4 Å². The monoisotopic (exact) mass is 405 g/mol. The highest BCUT2D eigenvalue weighted by molar-refractivity contribution is 9.10. The van der Waals surface area contributed by atoms with E-state index in [4.69, 9.17) is 14.2 Å². The molecule has 1 amide bonds. The van der Waals surface area contributed by atoms with E-state index in [2.05, 4.69) is 21.2 Å². The number of anilines is 1. The lowest BCUT2D eigenvalue weighted by Gasteiger charge is -2.14. The molecular formula is C19H20BrNO4. The molecule has 1 aliphatic heterocycles. The van der Waals surface area contributed by atoms with Crippen molar-refractivity contribution in [2.24, 2.45) is 0 Å². The van der Waals surface area contributed by atoms with Gasteiger partial charge in [0, 0.05) is 22.5 Å². The van der Waals surface area contributed by atoms with Gasteiger partial charge in [-0.25, -0.2) is 0 Å². The molecule has 0 saturated carbocycles. The van der Waals surface area contributed by atoms with Gasteiger partial charge in [-0.3, -0.25) is 4.79 Å². The molecule has 0 fully saturated rings. The maximum Gasteiger partial charge on any atom is 0.257 e. The van der Waals surface area contributed by atoms with Crippen molar-refractivity contribution in [3.05, 3.63) is 45.9 Å². The minimum absolute atomic E-state index is 0.128. The number of methoxy groups -OCH3 is 1. The van der Waals surface area contributed by atoms with Gasteiger partial charge in [-0.2, -0.15) is 0 Å². The summed E-state index contributed by atoms with van der Waals surface area (Å²) in [6.45, 7) is 4.45. The largest absolute Gasteiger partial charge is 0.497 e. The summed E-state index contributed by atoms with van der Waals surface area (Å²) < 4.78 is 17.4. The number of carbonyl (C=O) groups excluding carboxylic acids is 1. The van der Waals surface area contributed by atoms with Crippen LogP contribution in [-0.4, -0.2) is 25.7 Å². The van der Waals surface area contributed by atoms with E-state index in [-0.39, 0.29) is 12.0 Å². The number of nitrogens with one attached hydrogen (secondary N) is 1. The first-order valence-electron chi connectivity index (χ1n) is 8.13. The van der Waals surface area contributed by atoms with Gasteiger partial charge in [0.15, 0.2) is 0 Å². The third-order valence-electron chi connectivity index (χ3n) is 3.96. The van der Waals surface area contributed by atoms with E-state index < -0.39 is 0 Å². The van der Waals surface area contributed by atoms with Crippen LogP contribution in [0.1, 0.15) is 29.8 Å². The van der Waals surface area contributed by atoms with Crippen LogP contribution in [0, 0.1) is 0 Å². The number of halogens is 1. The predicted octanol–water partition coefficient (Wildman–Crippen LogP) is 4.43. The fourth-order valence-corrected chi connectivity index (χ4v) is 3.23. The zero-order valence-electron chi connectivity index (χ0n) is 14.4. The molecule has 0 radical (unpaired) electrons. The van der Waals surface area contributed by atoms with Crippen LogP contribution in [0.3, 0.4) is 0 Å². The zero-order chi connectivity index (χ0) is 18.0. The van der Waals surface area contributed by atoms with Gasteiger partial charge in [-0.1, -0.05) is 0 Å². The van der Waals surface area contributed by atoms with Crippen LogP contribution >= 0.6 is 15.9 Å². The summed E-state index contributed by atoms with van der Waals surface area (Å²) in [5.74, 6) is 1.80. The highest BCUT2D eigenvalue weighted by Gasteiger charge is 2.23. The van der Waals surface area contributed by atoms with E-state index in [1.165, 1.54) is 0 Å². The van der Waals surface area contributed by atoms with E-state index in [9.17, 15) is 4.79 Å². The molecule has 1 heterocycles. The Morgan fingerprint density at radius 2 is 2.16 bits per heavy atom. The highest BCUT2D eigenvalue weighted by atomic mass is 79.9. The number of hydrogen-bond donors (Lipinski definition) is 1. The summed E-state index contributed by atoms with van der Waals surface area (Å²) in [4.78, 5) is 12.7. The van der Waals surface area contributed by atoms with Crippen molar-refractivity contribution in [3.63, 3.8) is 0 Å². The molecule has 0 unspecified atom stereocenters. The molecule has 0 saturated heterocycles. The SMILES string of the molecule is CCOc1cc2c(cc1NC(=O)c1cc(OC)ccc1Br)O[C@@H](C)C2. The van der Waals surface area contributed by atoms with Crippen molar-refractivity contribution < 1.29 is 19.0 Å². The Morgan fingerprint density at radius 3 is 2.88 bits per heavy atom. The first-order valence-corrected chi connectivity index (χ1v) is 8.92. The van der Waals surface area contributed by atoms with Gasteiger partial charge in [0.25, 0.3) is 5.91 Å². The highest BCUT2D eigenvalue weighted by Crippen LogP contribution is 2.38. The molecule has 2 aromatic rings.